The molecule has 2 atom stereocenters. The first-order chi connectivity index (χ1) is 12.0. The van der Waals surface area contributed by atoms with Gasteiger partial charge in [-0.3, -0.25) is 9.59 Å². The molecule has 1 aromatic heterocycles. The maximum atomic E-state index is 13.0. The van der Waals surface area contributed by atoms with Gasteiger partial charge in [-0.25, -0.2) is 0 Å². The minimum absolute atomic E-state index is 0.0950. The molecule has 1 aliphatic rings. The van der Waals surface area contributed by atoms with Crippen LogP contribution in [0, 0.1) is 0 Å². The van der Waals surface area contributed by atoms with Gasteiger partial charge in [0.1, 0.15) is 0 Å². The van der Waals surface area contributed by atoms with Gasteiger partial charge in [-0.2, -0.15) is 0 Å². The second kappa shape index (κ2) is 8.15. The standard InChI is InChI=1S/C19H21BrN2O2S/c1-13(23)21-16(18-5-3-11-25-18)12-19(24)22-10-2-4-17(22)14-6-8-15(20)9-7-14/h3,5-9,11,16-17H,2,4,10,12H2,1H3,(H,21,23). The van der Waals surface area contributed by atoms with E-state index in [-0.39, 0.29) is 23.9 Å². The van der Waals surface area contributed by atoms with Gasteiger partial charge in [0.25, 0.3) is 0 Å². The van der Waals surface area contributed by atoms with Crippen LogP contribution in [0.3, 0.4) is 0 Å². The number of carbonyl (C=O) groups excluding carboxylic acids is 2. The third kappa shape index (κ3) is 4.50. The highest BCUT2D eigenvalue weighted by Crippen LogP contribution is 2.34. The van der Waals surface area contributed by atoms with Crippen LogP contribution in [0.2, 0.25) is 0 Å². The van der Waals surface area contributed by atoms with Gasteiger partial charge in [-0.1, -0.05) is 34.1 Å². The van der Waals surface area contributed by atoms with Crippen molar-refractivity contribution in [2.75, 3.05) is 6.54 Å². The Bertz CT molecular complexity index is 730. The molecule has 3 rings (SSSR count). The van der Waals surface area contributed by atoms with Crippen molar-refractivity contribution in [3.05, 3.63) is 56.7 Å². The highest BCUT2D eigenvalue weighted by Gasteiger charge is 2.31. The lowest BCUT2D eigenvalue weighted by molar-refractivity contribution is -0.133. The van der Waals surface area contributed by atoms with Crippen molar-refractivity contribution in [1.82, 2.24) is 10.2 Å². The first kappa shape index (κ1) is 18.1. The third-order valence-electron chi connectivity index (χ3n) is 4.47. The number of hydrogen-bond acceptors (Lipinski definition) is 3. The zero-order valence-corrected chi connectivity index (χ0v) is 16.5. The van der Waals surface area contributed by atoms with E-state index in [2.05, 4.69) is 33.4 Å². The molecule has 1 fully saturated rings. The Morgan fingerprint density at radius 1 is 1.32 bits per heavy atom. The van der Waals surface area contributed by atoms with Crippen LogP contribution in [0.5, 0.6) is 0 Å². The molecule has 2 unspecified atom stereocenters. The number of amides is 2. The van der Waals surface area contributed by atoms with E-state index in [1.54, 1.807) is 11.3 Å². The molecule has 2 heterocycles. The van der Waals surface area contributed by atoms with Gasteiger partial charge in [0.05, 0.1) is 18.5 Å². The monoisotopic (exact) mass is 420 g/mol. The second-order valence-corrected chi connectivity index (χ2v) is 8.16. The number of halogens is 1. The molecular formula is C19H21BrN2O2S. The Balaban J connectivity index is 1.74. The summed E-state index contributed by atoms with van der Waals surface area (Å²) in [6.07, 6.45) is 2.29. The summed E-state index contributed by atoms with van der Waals surface area (Å²) < 4.78 is 1.04. The molecule has 1 aliphatic heterocycles. The third-order valence-corrected chi connectivity index (χ3v) is 5.99. The van der Waals surface area contributed by atoms with E-state index >= 15 is 0 Å². The molecule has 0 spiro atoms. The van der Waals surface area contributed by atoms with Crippen molar-refractivity contribution < 1.29 is 9.59 Å². The molecule has 0 saturated carbocycles. The molecular weight excluding hydrogens is 400 g/mol. The van der Waals surface area contributed by atoms with E-state index in [1.165, 1.54) is 12.5 Å². The van der Waals surface area contributed by atoms with Gasteiger partial charge in [0.2, 0.25) is 11.8 Å². The molecule has 1 saturated heterocycles. The van der Waals surface area contributed by atoms with Gasteiger partial charge in [-0.05, 0) is 42.0 Å². The number of nitrogens with zero attached hydrogens (tertiary/aromatic N) is 1. The molecule has 1 N–H and O–H groups in total. The number of hydrogen-bond donors (Lipinski definition) is 1. The predicted octanol–water partition coefficient (Wildman–Crippen LogP) is 4.44. The SMILES string of the molecule is CC(=O)NC(CC(=O)N1CCCC1c1ccc(Br)cc1)c1cccs1. The summed E-state index contributed by atoms with van der Waals surface area (Å²) >= 11 is 5.02. The van der Waals surface area contributed by atoms with Crippen molar-refractivity contribution in [3.8, 4) is 0 Å². The lowest BCUT2D eigenvalue weighted by Gasteiger charge is -2.27. The van der Waals surface area contributed by atoms with Crippen molar-refractivity contribution in [2.24, 2.45) is 0 Å². The van der Waals surface area contributed by atoms with Crippen LogP contribution >= 0.6 is 27.3 Å². The average molecular weight is 421 g/mol. The van der Waals surface area contributed by atoms with Crippen molar-refractivity contribution in [3.63, 3.8) is 0 Å². The Morgan fingerprint density at radius 3 is 2.72 bits per heavy atom. The first-order valence-corrected chi connectivity index (χ1v) is 10.1. The summed E-state index contributed by atoms with van der Waals surface area (Å²) in [6.45, 7) is 2.27. The average Bonchev–Trinajstić information content (AvgIpc) is 3.26. The van der Waals surface area contributed by atoms with Crippen molar-refractivity contribution in [2.45, 2.75) is 38.3 Å². The number of rotatable bonds is 5. The Morgan fingerprint density at radius 2 is 2.08 bits per heavy atom. The quantitative estimate of drug-likeness (QED) is 0.776. The maximum Gasteiger partial charge on any atom is 0.225 e. The summed E-state index contributed by atoms with van der Waals surface area (Å²) in [5, 5.41) is 4.88. The summed E-state index contributed by atoms with van der Waals surface area (Å²) in [5.74, 6) is -0.0188. The molecule has 2 aromatic rings. The van der Waals surface area contributed by atoms with Crippen LogP contribution in [-0.2, 0) is 9.59 Å². The van der Waals surface area contributed by atoms with Crippen molar-refractivity contribution >= 4 is 39.1 Å². The van der Waals surface area contributed by atoms with E-state index < -0.39 is 0 Å². The lowest BCUT2D eigenvalue weighted by atomic mass is 10.0. The number of nitrogens with one attached hydrogen (secondary N) is 1. The Kier molecular flexibility index (Phi) is 5.91. The minimum Gasteiger partial charge on any atom is -0.348 e. The Hall–Kier alpha value is -1.66. The first-order valence-electron chi connectivity index (χ1n) is 8.40. The number of carbonyl (C=O) groups is 2. The van der Waals surface area contributed by atoms with Crippen LogP contribution in [0.15, 0.2) is 46.3 Å². The molecule has 4 nitrogen and oxygen atoms in total. The maximum absolute atomic E-state index is 13.0. The molecule has 25 heavy (non-hydrogen) atoms. The molecule has 0 bridgehead atoms. The van der Waals surface area contributed by atoms with E-state index in [9.17, 15) is 9.59 Å². The van der Waals surface area contributed by atoms with E-state index in [0.717, 1.165) is 28.7 Å². The molecule has 6 heteroatoms. The normalized spacial score (nSPS) is 18.2. The smallest absolute Gasteiger partial charge is 0.225 e. The number of likely N-dealkylation sites (tertiary alicyclic amines) is 1. The largest absolute Gasteiger partial charge is 0.348 e. The van der Waals surface area contributed by atoms with Crippen LogP contribution < -0.4 is 5.32 Å². The summed E-state index contributed by atoms with van der Waals surface area (Å²) in [7, 11) is 0. The van der Waals surface area contributed by atoms with Gasteiger partial charge in [0.15, 0.2) is 0 Å². The zero-order valence-electron chi connectivity index (χ0n) is 14.1. The van der Waals surface area contributed by atoms with Gasteiger partial charge in [0, 0.05) is 22.8 Å². The molecule has 1 aromatic carbocycles. The van der Waals surface area contributed by atoms with E-state index in [1.807, 2.05) is 34.5 Å². The summed E-state index contributed by atoms with van der Waals surface area (Å²) in [6, 6.07) is 12.0. The molecule has 0 aliphatic carbocycles. The minimum atomic E-state index is -0.254. The van der Waals surface area contributed by atoms with Crippen LogP contribution in [-0.4, -0.2) is 23.3 Å². The van der Waals surface area contributed by atoms with Crippen LogP contribution in [0.4, 0.5) is 0 Å². The number of thiophene rings is 1. The second-order valence-electron chi connectivity index (χ2n) is 6.27. The molecule has 0 radical (unpaired) electrons. The van der Waals surface area contributed by atoms with Gasteiger partial charge in [-0.15, -0.1) is 11.3 Å². The summed E-state index contributed by atoms with van der Waals surface area (Å²) in [4.78, 5) is 27.5. The highest BCUT2D eigenvalue weighted by atomic mass is 79.9. The van der Waals surface area contributed by atoms with Crippen molar-refractivity contribution in [1.29, 1.82) is 0 Å². The van der Waals surface area contributed by atoms with Crippen LogP contribution in [0.25, 0.3) is 0 Å². The van der Waals surface area contributed by atoms with E-state index in [0.29, 0.717) is 6.42 Å². The fraction of sp³-hybridized carbons (Fsp3) is 0.368. The fourth-order valence-corrected chi connectivity index (χ4v) is 4.39. The lowest BCUT2D eigenvalue weighted by Crippen LogP contribution is -2.35. The van der Waals surface area contributed by atoms with Gasteiger partial charge < -0.3 is 10.2 Å². The Labute approximate surface area is 160 Å². The summed E-state index contributed by atoms with van der Waals surface area (Å²) in [5.41, 5.74) is 1.17. The number of benzene rings is 1. The predicted molar refractivity (Wildman–Crippen MR) is 103 cm³/mol. The van der Waals surface area contributed by atoms with Gasteiger partial charge >= 0.3 is 0 Å². The highest BCUT2D eigenvalue weighted by molar-refractivity contribution is 9.10. The fourth-order valence-electron chi connectivity index (χ4n) is 3.35. The topological polar surface area (TPSA) is 49.4 Å². The van der Waals surface area contributed by atoms with E-state index in [4.69, 9.17) is 0 Å². The zero-order chi connectivity index (χ0) is 17.8. The molecule has 2 amide bonds. The van der Waals surface area contributed by atoms with Crippen LogP contribution in [0.1, 0.15) is 48.7 Å². The molecule has 132 valence electrons.